The Bertz CT molecular complexity index is 529. The Morgan fingerprint density at radius 1 is 1.37 bits per heavy atom. The van der Waals surface area contributed by atoms with E-state index < -0.39 is 0 Å². The quantitative estimate of drug-likeness (QED) is 0.812. The zero-order valence-corrected chi connectivity index (χ0v) is 11.8. The van der Waals surface area contributed by atoms with Crippen LogP contribution in [0.3, 0.4) is 0 Å². The highest BCUT2D eigenvalue weighted by Crippen LogP contribution is 2.48. The molecule has 102 valence electrons. The van der Waals surface area contributed by atoms with Crippen LogP contribution < -0.4 is 11.1 Å². The molecular formula is C15H19ClN2O. The van der Waals surface area contributed by atoms with Crippen LogP contribution in [0.1, 0.15) is 31.2 Å². The number of anilines is 2. The second-order valence-electron chi connectivity index (χ2n) is 5.96. The minimum Gasteiger partial charge on any atom is -0.398 e. The van der Waals surface area contributed by atoms with Gasteiger partial charge in [-0.15, -0.1) is 0 Å². The zero-order chi connectivity index (χ0) is 13.6. The highest BCUT2D eigenvalue weighted by molar-refractivity contribution is 6.33. The number of hydrogen-bond donors (Lipinski definition) is 2. The van der Waals surface area contributed by atoms with E-state index in [-0.39, 0.29) is 11.8 Å². The molecule has 1 aromatic carbocycles. The molecule has 2 aliphatic carbocycles. The number of amides is 1. The highest BCUT2D eigenvalue weighted by Gasteiger charge is 2.43. The van der Waals surface area contributed by atoms with Crippen molar-refractivity contribution in [2.45, 2.75) is 32.6 Å². The van der Waals surface area contributed by atoms with Gasteiger partial charge in [-0.2, -0.15) is 0 Å². The van der Waals surface area contributed by atoms with Gasteiger partial charge in [0.1, 0.15) is 0 Å². The summed E-state index contributed by atoms with van der Waals surface area (Å²) >= 11 is 6.02. The molecule has 1 amide bonds. The van der Waals surface area contributed by atoms with Gasteiger partial charge in [-0.25, -0.2) is 0 Å². The number of nitrogens with two attached hydrogens (primary N) is 1. The molecule has 1 aromatic rings. The molecule has 2 aliphatic rings. The number of halogens is 1. The number of nitrogens with one attached hydrogen (secondary N) is 1. The van der Waals surface area contributed by atoms with Crippen LogP contribution in [-0.2, 0) is 4.79 Å². The maximum atomic E-state index is 12.4. The molecule has 3 unspecified atom stereocenters. The first-order chi connectivity index (χ1) is 9.04. The summed E-state index contributed by atoms with van der Waals surface area (Å²) in [7, 11) is 0. The summed E-state index contributed by atoms with van der Waals surface area (Å²) in [6, 6.07) is 3.55. The normalized spacial score (nSPS) is 28.6. The first-order valence-electron chi connectivity index (χ1n) is 6.91. The van der Waals surface area contributed by atoms with Gasteiger partial charge in [-0.3, -0.25) is 4.79 Å². The number of hydrogen-bond acceptors (Lipinski definition) is 2. The van der Waals surface area contributed by atoms with Crippen molar-refractivity contribution in [1.29, 1.82) is 0 Å². The number of benzene rings is 1. The SMILES string of the molecule is Cc1cc(N)c(Cl)cc1NC(=O)C1CC2CCC1C2. The molecule has 2 fully saturated rings. The Morgan fingerprint density at radius 2 is 2.16 bits per heavy atom. The van der Waals surface area contributed by atoms with Crippen LogP contribution >= 0.6 is 11.6 Å². The van der Waals surface area contributed by atoms with Crippen molar-refractivity contribution in [2.75, 3.05) is 11.1 Å². The van der Waals surface area contributed by atoms with Crippen molar-refractivity contribution in [3.63, 3.8) is 0 Å². The van der Waals surface area contributed by atoms with Crippen LogP contribution in [0, 0.1) is 24.7 Å². The molecule has 19 heavy (non-hydrogen) atoms. The fourth-order valence-electron chi connectivity index (χ4n) is 3.63. The van der Waals surface area contributed by atoms with Gasteiger partial charge in [0.25, 0.3) is 0 Å². The number of aryl methyl sites for hydroxylation is 1. The first kappa shape index (κ1) is 12.8. The number of carbonyl (C=O) groups is 1. The van der Waals surface area contributed by atoms with Crippen LogP contribution in [0.25, 0.3) is 0 Å². The fraction of sp³-hybridized carbons (Fsp3) is 0.533. The molecule has 3 N–H and O–H groups in total. The van der Waals surface area contributed by atoms with Crippen molar-refractivity contribution in [1.82, 2.24) is 0 Å². The summed E-state index contributed by atoms with van der Waals surface area (Å²) < 4.78 is 0. The van der Waals surface area contributed by atoms with Gasteiger partial charge in [0, 0.05) is 11.6 Å². The van der Waals surface area contributed by atoms with E-state index in [9.17, 15) is 4.79 Å². The summed E-state index contributed by atoms with van der Waals surface area (Å²) in [6.07, 6.45) is 4.81. The third-order valence-corrected chi connectivity index (χ3v) is 5.00. The molecule has 4 heteroatoms. The van der Waals surface area contributed by atoms with Crippen LogP contribution in [0.5, 0.6) is 0 Å². The maximum Gasteiger partial charge on any atom is 0.227 e. The average molecular weight is 279 g/mol. The van der Waals surface area contributed by atoms with Crippen molar-refractivity contribution in [3.05, 3.63) is 22.7 Å². The van der Waals surface area contributed by atoms with Gasteiger partial charge < -0.3 is 11.1 Å². The van der Waals surface area contributed by atoms with E-state index in [4.69, 9.17) is 17.3 Å². The van der Waals surface area contributed by atoms with E-state index in [1.807, 2.05) is 6.92 Å². The number of rotatable bonds is 2. The van der Waals surface area contributed by atoms with Gasteiger partial charge >= 0.3 is 0 Å². The molecule has 0 spiro atoms. The number of carbonyl (C=O) groups excluding carboxylic acids is 1. The molecule has 3 rings (SSSR count). The fourth-order valence-corrected chi connectivity index (χ4v) is 3.79. The lowest BCUT2D eigenvalue weighted by molar-refractivity contribution is -0.121. The minimum absolute atomic E-state index is 0.149. The Morgan fingerprint density at radius 3 is 2.79 bits per heavy atom. The predicted molar refractivity (Wildman–Crippen MR) is 78.2 cm³/mol. The lowest BCUT2D eigenvalue weighted by Gasteiger charge is -2.21. The summed E-state index contributed by atoms with van der Waals surface area (Å²) in [4.78, 5) is 12.4. The van der Waals surface area contributed by atoms with Crippen LogP contribution in [0.2, 0.25) is 5.02 Å². The first-order valence-corrected chi connectivity index (χ1v) is 7.29. The molecule has 0 aromatic heterocycles. The van der Waals surface area contributed by atoms with Crippen LogP contribution in [0.15, 0.2) is 12.1 Å². The van der Waals surface area contributed by atoms with Gasteiger partial charge in [-0.1, -0.05) is 18.0 Å². The molecule has 2 bridgehead atoms. The van der Waals surface area contributed by atoms with Crippen molar-refractivity contribution >= 4 is 28.9 Å². The third kappa shape index (κ3) is 2.32. The Balaban J connectivity index is 1.75. The van der Waals surface area contributed by atoms with E-state index in [0.29, 0.717) is 16.6 Å². The largest absolute Gasteiger partial charge is 0.398 e. The standard InChI is InChI=1S/C15H19ClN2O/c1-8-4-13(17)12(16)7-14(8)18-15(19)11-6-9-2-3-10(11)5-9/h4,7,9-11H,2-3,5-6,17H2,1H3,(H,18,19). The smallest absolute Gasteiger partial charge is 0.227 e. The summed E-state index contributed by atoms with van der Waals surface area (Å²) in [5.41, 5.74) is 8.04. The van der Waals surface area contributed by atoms with Gasteiger partial charge in [0.2, 0.25) is 5.91 Å². The van der Waals surface area contributed by atoms with E-state index in [0.717, 1.165) is 23.6 Å². The van der Waals surface area contributed by atoms with E-state index in [2.05, 4.69) is 5.32 Å². The van der Waals surface area contributed by atoms with Crippen LogP contribution in [0.4, 0.5) is 11.4 Å². The van der Waals surface area contributed by atoms with Crippen molar-refractivity contribution in [2.24, 2.45) is 17.8 Å². The van der Waals surface area contributed by atoms with Crippen molar-refractivity contribution < 1.29 is 4.79 Å². The lowest BCUT2D eigenvalue weighted by atomic mass is 9.88. The molecule has 3 atom stereocenters. The third-order valence-electron chi connectivity index (χ3n) is 4.68. The van der Waals surface area contributed by atoms with Gasteiger partial charge in [0.05, 0.1) is 10.7 Å². The molecule has 0 radical (unpaired) electrons. The molecule has 0 heterocycles. The van der Waals surface area contributed by atoms with Crippen LogP contribution in [-0.4, -0.2) is 5.91 Å². The second-order valence-corrected chi connectivity index (χ2v) is 6.37. The summed E-state index contributed by atoms with van der Waals surface area (Å²) in [5, 5.41) is 3.52. The summed E-state index contributed by atoms with van der Waals surface area (Å²) in [5.74, 6) is 1.71. The molecule has 0 saturated heterocycles. The average Bonchev–Trinajstić information content (AvgIpc) is 2.98. The van der Waals surface area contributed by atoms with E-state index >= 15 is 0 Å². The molecular weight excluding hydrogens is 260 g/mol. The van der Waals surface area contributed by atoms with E-state index in [1.54, 1.807) is 12.1 Å². The maximum absolute atomic E-state index is 12.4. The monoisotopic (exact) mass is 278 g/mol. The van der Waals surface area contributed by atoms with Gasteiger partial charge in [-0.05, 0) is 55.7 Å². The Hall–Kier alpha value is -1.22. The second kappa shape index (κ2) is 4.71. The van der Waals surface area contributed by atoms with Crippen molar-refractivity contribution in [3.8, 4) is 0 Å². The Kier molecular flexibility index (Phi) is 3.17. The molecule has 0 aliphatic heterocycles. The topological polar surface area (TPSA) is 55.1 Å². The molecule has 2 saturated carbocycles. The minimum atomic E-state index is 0.149. The van der Waals surface area contributed by atoms with E-state index in [1.165, 1.54) is 19.3 Å². The predicted octanol–water partition coefficient (Wildman–Crippen LogP) is 3.61. The molecule has 3 nitrogen and oxygen atoms in total. The number of fused-ring (bicyclic) bond motifs is 2. The zero-order valence-electron chi connectivity index (χ0n) is 11.1. The summed E-state index contributed by atoms with van der Waals surface area (Å²) in [6.45, 7) is 1.93. The Labute approximate surface area is 118 Å². The number of nitrogen functional groups attached to an aromatic ring is 1. The highest BCUT2D eigenvalue weighted by atomic mass is 35.5. The van der Waals surface area contributed by atoms with Gasteiger partial charge in [0.15, 0.2) is 0 Å². The lowest BCUT2D eigenvalue weighted by Crippen LogP contribution is -2.27.